The van der Waals surface area contributed by atoms with Crippen molar-refractivity contribution >= 4 is 23.2 Å². The average molecular weight is 411 g/mol. The van der Waals surface area contributed by atoms with E-state index in [4.69, 9.17) is 0 Å². The normalized spacial score (nSPS) is 22.2. The summed E-state index contributed by atoms with van der Waals surface area (Å²) in [6.45, 7) is 6.15. The van der Waals surface area contributed by atoms with Crippen molar-refractivity contribution in [3.63, 3.8) is 0 Å². The fraction of sp³-hybridized carbons (Fsp3) is 0.560. The van der Waals surface area contributed by atoms with Gasteiger partial charge in [-0.15, -0.1) is 0 Å². The molecule has 162 valence electrons. The molecule has 3 rings (SSSR count). The molecule has 0 unspecified atom stereocenters. The summed E-state index contributed by atoms with van der Waals surface area (Å²) in [7, 11) is 0. The quantitative estimate of drug-likeness (QED) is 0.708. The van der Waals surface area contributed by atoms with Crippen LogP contribution in [0.15, 0.2) is 35.9 Å². The average Bonchev–Trinajstić information content (AvgIpc) is 3.09. The Morgan fingerprint density at radius 3 is 2.33 bits per heavy atom. The van der Waals surface area contributed by atoms with Gasteiger partial charge in [-0.2, -0.15) is 0 Å². The minimum absolute atomic E-state index is 0.0211. The number of rotatable bonds is 7. The number of benzene rings is 1. The van der Waals surface area contributed by atoms with Gasteiger partial charge in [0.25, 0.3) is 0 Å². The van der Waals surface area contributed by atoms with Crippen LogP contribution >= 0.6 is 0 Å². The van der Waals surface area contributed by atoms with Gasteiger partial charge in [0.1, 0.15) is 0 Å². The van der Waals surface area contributed by atoms with Gasteiger partial charge in [-0.3, -0.25) is 14.4 Å². The predicted octanol–water partition coefficient (Wildman–Crippen LogP) is 4.17. The van der Waals surface area contributed by atoms with Crippen molar-refractivity contribution in [3.05, 3.63) is 41.5 Å². The summed E-state index contributed by atoms with van der Waals surface area (Å²) in [4.78, 5) is 37.5. The van der Waals surface area contributed by atoms with Gasteiger partial charge in [0.15, 0.2) is 5.78 Å². The highest BCUT2D eigenvalue weighted by Gasteiger charge is 2.31. The second-order valence-electron chi connectivity index (χ2n) is 9.27. The maximum absolute atomic E-state index is 12.7. The Kier molecular flexibility index (Phi) is 7.11. The third kappa shape index (κ3) is 5.59. The SMILES string of the molecule is CCC(C)(C)NC(=O)C1CCC(NC(=O)CC2=C(c3ccccc3)CCC2=O)CC1. The van der Waals surface area contributed by atoms with Crippen LogP contribution in [0.3, 0.4) is 0 Å². The number of ketones is 1. The zero-order valence-electron chi connectivity index (χ0n) is 18.4. The molecule has 0 spiro atoms. The summed E-state index contributed by atoms with van der Waals surface area (Å²) in [5, 5.41) is 6.24. The first-order valence-electron chi connectivity index (χ1n) is 11.2. The van der Waals surface area contributed by atoms with Crippen molar-refractivity contribution in [2.75, 3.05) is 0 Å². The summed E-state index contributed by atoms with van der Waals surface area (Å²) in [6, 6.07) is 9.94. The number of nitrogens with one attached hydrogen (secondary N) is 2. The van der Waals surface area contributed by atoms with E-state index in [1.165, 1.54) is 0 Å². The highest BCUT2D eigenvalue weighted by Crippen LogP contribution is 2.33. The first kappa shape index (κ1) is 22.3. The third-order valence-corrected chi connectivity index (χ3v) is 6.57. The molecule has 0 atom stereocenters. The van der Waals surface area contributed by atoms with Crippen LogP contribution in [-0.2, 0) is 14.4 Å². The van der Waals surface area contributed by atoms with E-state index in [0.717, 1.165) is 43.2 Å². The number of Topliss-reactive ketones (excluding diaryl/α,β-unsaturated/α-hetero) is 1. The van der Waals surface area contributed by atoms with Crippen LogP contribution in [-0.4, -0.2) is 29.2 Å². The molecule has 2 amide bonds. The number of amides is 2. The Labute approximate surface area is 179 Å². The molecular weight excluding hydrogens is 376 g/mol. The number of allylic oxidation sites excluding steroid dienone is 1. The van der Waals surface area contributed by atoms with E-state index in [1.807, 2.05) is 44.2 Å². The maximum Gasteiger partial charge on any atom is 0.224 e. The summed E-state index contributed by atoms with van der Waals surface area (Å²) in [5.41, 5.74) is 2.52. The molecule has 0 aliphatic heterocycles. The topological polar surface area (TPSA) is 75.3 Å². The molecule has 2 aliphatic rings. The molecule has 1 fully saturated rings. The minimum Gasteiger partial charge on any atom is -0.353 e. The van der Waals surface area contributed by atoms with E-state index in [9.17, 15) is 14.4 Å². The summed E-state index contributed by atoms with van der Waals surface area (Å²) in [5.74, 6) is 0.144. The van der Waals surface area contributed by atoms with Crippen LogP contribution in [0.2, 0.25) is 0 Å². The Hall–Kier alpha value is -2.43. The van der Waals surface area contributed by atoms with Gasteiger partial charge < -0.3 is 10.6 Å². The molecule has 0 aromatic heterocycles. The van der Waals surface area contributed by atoms with Crippen LogP contribution in [0.5, 0.6) is 0 Å². The van der Waals surface area contributed by atoms with Crippen molar-refractivity contribution in [2.24, 2.45) is 5.92 Å². The van der Waals surface area contributed by atoms with E-state index in [1.54, 1.807) is 0 Å². The number of hydrogen-bond acceptors (Lipinski definition) is 3. The van der Waals surface area contributed by atoms with Gasteiger partial charge in [-0.05, 0) is 63.5 Å². The second kappa shape index (κ2) is 9.59. The Bertz CT molecular complexity index is 818. The van der Waals surface area contributed by atoms with Crippen LogP contribution < -0.4 is 10.6 Å². The number of carbonyl (C=O) groups is 3. The van der Waals surface area contributed by atoms with Crippen molar-refractivity contribution in [3.8, 4) is 0 Å². The molecule has 30 heavy (non-hydrogen) atoms. The van der Waals surface area contributed by atoms with Gasteiger partial charge in [0, 0.05) is 29.5 Å². The highest BCUT2D eigenvalue weighted by atomic mass is 16.2. The largest absolute Gasteiger partial charge is 0.353 e. The minimum atomic E-state index is -0.180. The van der Waals surface area contributed by atoms with Gasteiger partial charge in [0.2, 0.25) is 11.8 Å². The van der Waals surface area contributed by atoms with Crippen molar-refractivity contribution in [1.29, 1.82) is 0 Å². The summed E-state index contributed by atoms with van der Waals surface area (Å²) in [6.07, 6.45) is 5.41. The fourth-order valence-electron chi connectivity index (χ4n) is 4.33. The van der Waals surface area contributed by atoms with E-state index >= 15 is 0 Å². The molecule has 0 radical (unpaired) electrons. The van der Waals surface area contributed by atoms with Crippen LogP contribution in [0.4, 0.5) is 0 Å². The zero-order chi connectivity index (χ0) is 21.7. The second-order valence-corrected chi connectivity index (χ2v) is 9.27. The van der Waals surface area contributed by atoms with E-state index in [2.05, 4.69) is 17.6 Å². The van der Waals surface area contributed by atoms with Crippen molar-refractivity contribution in [2.45, 2.75) is 83.7 Å². The smallest absolute Gasteiger partial charge is 0.224 e. The molecule has 2 aliphatic carbocycles. The lowest BCUT2D eigenvalue weighted by Crippen LogP contribution is -2.47. The first-order valence-corrected chi connectivity index (χ1v) is 11.2. The Morgan fingerprint density at radius 2 is 1.70 bits per heavy atom. The lowest BCUT2D eigenvalue weighted by atomic mass is 9.84. The maximum atomic E-state index is 12.7. The van der Waals surface area contributed by atoms with Gasteiger partial charge in [-0.25, -0.2) is 0 Å². The molecule has 1 saturated carbocycles. The first-order chi connectivity index (χ1) is 14.3. The van der Waals surface area contributed by atoms with Gasteiger partial charge >= 0.3 is 0 Å². The number of hydrogen-bond donors (Lipinski definition) is 2. The molecule has 0 saturated heterocycles. The third-order valence-electron chi connectivity index (χ3n) is 6.57. The van der Waals surface area contributed by atoms with Crippen molar-refractivity contribution < 1.29 is 14.4 Å². The Balaban J connectivity index is 1.53. The van der Waals surface area contributed by atoms with Gasteiger partial charge in [-0.1, -0.05) is 37.3 Å². The van der Waals surface area contributed by atoms with E-state index in [0.29, 0.717) is 18.4 Å². The van der Waals surface area contributed by atoms with Crippen LogP contribution in [0.1, 0.15) is 77.7 Å². The molecule has 2 N–H and O–H groups in total. The summed E-state index contributed by atoms with van der Waals surface area (Å²) >= 11 is 0. The molecule has 0 heterocycles. The number of carbonyl (C=O) groups excluding carboxylic acids is 3. The van der Waals surface area contributed by atoms with E-state index < -0.39 is 0 Å². The zero-order valence-corrected chi connectivity index (χ0v) is 18.4. The fourth-order valence-corrected chi connectivity index (χ4v) is 4.33. The molecule has 1 aromatic rings. The monoisotopic (exact) mass is 410 g/mol. The lowest BCUT2D eigenvalue weighted by molar-refractivity contribution is -0.128. The van der Waals surface area contributed by atoms with Crippen LogP contribution in [0.25, 0.3) is 5.57 Å². The lowest BCUT2D eigenvalue weighted by Gasteiger charge is -2.32. The molecule has 5 nitrogen and oxygen atoms in total. The van der Waals surface area contributed by atoms with Gasteiger partial charge in [0.05, 0.1) is 6.42 Å². The molecule has 1 aromatic carbocycles. The van der Waals surface area contributed by atoms with E-state index in [-0.39, 0.29) is 41.5 Å². The molecule has 5 heteroatoms. The molecule has 0 bridgehead atoms. The standard InChI is InChI=1S/C25H34N2O3/c1-4-25(2,3)27-24(30)18-10-12-19(13-11-18)26-23(29)16-21-20(14-15-22(21)28)17-8-6-5-7-9-17/h5-9,18-19H,4,10-16H2,1-3H3,(H,26,29)(H,27,30). The predicted molar refractivity (Wildman–Crippen MR) is 119 cm³/mol. The Morgan fingerprint density at radius 1 is 1.03 bits per heavy atom. The highest BCUT2D eigenvalue weighted by molar-refractivity contribution is 6.10. The van der Waals surface area contributed by atoms with Crippen LogP contribution in [0, 0.1) is 5.92 Å². The summed E-state index contributed by atoms with van der Waals surface area (Å²) < 4.78 is 0. The van der Waals surface area contributed by atoms with Crippen molar-refractivity contribution in [1.82, 2.24) is 10.6 Å². The molecular formula is C25H34N2O3.